The number of phenolic OH excluding ortho intramolecular Hbond substituents is 1. The zero-order valence-electron chi connectivity index (χ0n) is 15.1. The summed E-state index contributed by atoms with van der Waals surface area (Å²) < 4.78 is 5.14. The van der Waals surface area contributed by atoms with Crippen molar-refractivity contribution < 1.29 is 24.2 Å². The predicted molar refractivity (Wildman–Crippen MR) is 101 cm³/mol. The van der Waals surface area contributed by atoms with Gasteiger partial charge in [-0.3, -0.25) is 15.0 Å². The molecule has 9 heteroatoms. The van der Waals surface area contributed by atoms with E-state index in [2.05, 4.69) is 10.6 Å². The van der Waals surface area contributed by atoms with Gasteiger partial charge in [0.05, 0.1) is 6.54 Å². The molecule has 2 aromatic rings. The van der Waals surface area contributed by atoms with Gasteiger partial charge in [0.1, 0.15) is 18.4 Å². The summed E-state index contributed by atoms with van der Waals surface area (Å²) >= 11 is 0. The molecule has 9 nitrogen and oxygen atoms in total. The molecule has 6 N–H and O–H groups in total. The number of phenols is 1. The van der Waals surface area contributed by atoms with Gasteiger partial charge in [-0.2, -0.15) is 0 Å². The maximum atomic E-state index is 12.4. The zero-order chi connectivity index (χ0) is 20.4. The minimum Gasteiger partial charge on any atom is -0.508 e. The van der Waals surface area contributed by atoms with Crippen molar-refractivity contribution in [2.45, 2.75) is 19.1 Å². The fourth-order valence-corrected chi connectivity index (χ4v) is 2.33. The molecule has 3 amide bonds. The van der Waals surface area contributed by atoms with Crippen LogP contribution in [0.4, 0.5) is 4.79 Å². The Bertz CT molecular complexity index is 796. The summed E-state index contributed by atoms with van der Waals surface area (Å²) in [7, 11) is 0. The van der Waals surface area contributed by atoms with Crippen LogP contribution in [-0.4, -0.2) is 35.6 Å². The van der Waals surface area contributed by atoms with Crippen LogP contribution in [0.15, 0.2) is 54.6 Å². The van der Waals surface area contributed by atoms with E-state index in [1.807, 2.05) is 23.6 Å². The van der Waals surface area contributed by atoms with Crippen molar-refractivity contribution in [3.63, 3.8) is 0 Å². The summed E-state index contributed by atoms with van der Waals surface area (Å²) in [5.41, 5.74) is 3.40. The molecule has 0 radical (unpaired) electrons. The monoisotopic (exact) mass is 386 g/mol. The van der Waals surface area contributed by atoms with E-state index in [0.717, 1.165) is 5.56 Å². The fraction of sp³-hybridized carbons (Fsp3) is 0.211. The maximum absolute atomic E-state index is 12.4. The number of hydrogen-bond donors (Lipinski definition) is 5. The SMILES string of the molecule is NNC(=O)CNC(=O)[C@H](Cc1ccc(O)cc1)NC(=O)OCc1ccccc1. The molecular formula is C19H22N4O5. The van der Waals surface area contributed by atoms with Crippen LogP contribution in [0.2, 0.25) is 0 Å². The van der Waals surface area contributed by atoms with Crippen molar-refractivity contribution in [1.82, 2.24) is 16.1 Å². The van der Waals surface area contributed by atoms with E-state index in [0.29, 0.717) is 5.56 Å². The van der Waals surface area contributed by atoms with E-state index in [-0.39, 0.29) is 25.3 Å². The first-order valence-corrected chi connectivity index (χ1v) is 8.50. The number of hydrogen-bond acceptors (Lipinski definition) is 6. The van der Waals surface area contributed by atoms with Crippen LogP contribution in [0.25, 0.3) is 0 Å². The van der Waals surface area contributed by atoms with Gasteiger partial charge in [0, 0.05) is 6.42 Å². The molecule has 0 spiro atoms. The third-order valence-corrected chi connectivity index (χ3v) is 3.78. The van der Waals surface area contributed by atoms with Gasteiger partial charge < -0.3 is 20.5 Å². The highest BCUT2D eigenvalue weighted by atomic mass is 16.5. The molecular weight excluding hydrogens is 364 g/mol. The molecule has 0 saturated heterocycles. The lowest BCUT2D eigenvalue weighted by molar-refractivity contribution is -0.127. The number of nitrogens with two attached hydrogens (primary N) is 1. The molecule has 0 heterocycles. The van der Waals surface area contributed by atoms with Gasteiger partial charge in [-0.1, -0.05) is 42.5 Å². The highest BCUT2D eigenvalue weighted by Crippen LogP contribution is 2.11. The molecule has 28 heavy (non-hydrogen) atoms. The molecule has 2 aromatic carbocycles. The number of nitrogens with one attached hydrogen (secondary N) is 3. The maximum Gasteiger partial charge on any atom is 0.408 e. The smallest absolute Gasteiger partial charge is 0.408 e. The number of carbonyl (C=O) groups is 3. The minimum absolute atomic E-state index is 0.0514. The third kappa shape index (κ3) is 6.96. The predicted octanol–water partition coefficient (Wildman–Crippen LogP) is 0.336. The first kappa shape index (κ1) is 20.7. The van der Waals surface area contributed by atoms with Gasteiger partial charge >= 0.3 is 6.09 Å². The van der Waals surface area contributed by atoms with E-state index in [1.54, 1.807) is 24.3 Å². The Morgan fingerprint density at radius 1 is 1.00 bits per heavy atom. The molecule has 0 aliphatic rings. The lowest BCUT2D eigenvalue weighted by Gasteiger charge is -2.18. The third-order valence-electron chi connectivity index (χ3n) is 3.78. The van der Waals surface area contributed by atoms with E-state index >= 15 is 0 Å². The Labute approximate surface area is 161 Å². The van der Waals surface area contributed by atoms with Crippen LogP contribution in [0, 0.1) is 0 Å². The summed E-state index contributed by atoms with van der Waals surface area (Å²) in [4.78, 5) is 35.7. The van der Waals surface area contributed by atoms with Gasteiger partial charge in [-0.15, -0.1) is 0 Å². The van der Waals surface area contributed by atoms with Gasteiger partial charge in [-0.05, 0) is 23.3 Å². The van der Waals surface area contributed by atoms with Gasteiger partial charge in [0.15, 0.2) is 0 Å². The number of rotatable bonds is 8. The number of hydrazine groups is 1. The van der Waals surface area contributed by atoms with E-state index in [4.69, 9.17) is 10.6 Å². The van der Waals surface area contributed by atoms with Crippen LogP contribution in [0.5, 0.6) is 5.75 Å². The molecule has 2 rings (SSSR count). The Morgan fingerprint density at radius 3 is 2.32 bits per heavy atom. The molecule has 0 aliphatic carbocycles. The van der Waals surface area contributed by atoms with E-state index in [1.165, 1.54) is 12.1 Å². The Balaban J connectivity index is 1.99. The summed E-state index contributed by atoms with van der Waals surface area (Å²) in [6, 6.07) is 14.3. The Kier molecular flexibility index (Phi) is 7.79. The first-order valence-electron chi connectivity index (χ1n) is 8.50. The second kappa shape index (κ2) is 10.5. The van der Waals surface area contributed by atoms with Gasteiger partial charge in [0.25, 0.3) is 5.91 Å². The number of alkyl carbamates (subject to hydrolysis) is 1. The van der Waals surface area contributed by atoms with E-state index < -0.39 is 23.9 Å². The lowest BCUT2D eigenvalue weighted by Crippen LogP contribution is -2.50. The molecule has 0 bridgehead atoms. The number of carbonyl (C=O) groups excluding carboxylic acids is 3. The van der Waals surface area contributed by atoms with Crippen molar-refractivity contribution in [2.75, 3.05) is 6.54 Å². The first-order chi connectivity index (χ1) is 13.5. The van der Waals surface area contributed by atoms with Crippen molar-refractivity contribution in [2.24, 2.45) is 5.84 Å². The molecule has 0 aliphatic heterocycles. The van der Waals surface area contributed by atoms with Crippen molar-refractivity contribution in [3.8, 4) is 5.75 Å². The standard InChI is InChI=1S/C19H22N4O5/c20-23-17(25)11-21-18(26)16(10-13-6-8-15(24)9-7-13)22-19(27)28-12-14-4-2-1-3-5-14/h1-9,16,24H,10-12,20H2,(H,21,26)(H,22,27)(H,23,25)/t16-/m0/s1. The second-order valence-electron chi connectivity index (χ2n) is 5.91. The minimum atomic E-state index is -0.988. The molecule has 148 valence electrons. The van der Waals surface area contributed by atoms with Crippen LogP contribution in [-0.2, 0) is 27.4 Å². The zero-order valence-corrected chi connectivity index (χ0v) is 15.1. The number of ether oxygens (including phenoxy) is 1. The summed E-state index contributed by atoms with van der Waals surface area (Å²) in [5, 5.41) is 14.3. The summed E-state index contributed by atoms with van der Waals surface area (Å²) in [6.45, 7) is -0.280. The van der Waals surface area contributed by atoms with Crippen LogP contribution >= 0.6 is 0 Å². The molecule has 0 unspecified atom stereocenters. The van der Waals surface area contributed by atoms with Crippen molar-refractivity contribution >= 4 is 17.9 Å². The highest BCUT2D eigenvalue weighted by Gasteiger charge is 2.22. The number of aromatic hydroxyl groups is 1. The van der Waals surface area contributed by atoms with E-state index in [9.17, 15) is 19.5 Å². The normalized spacial score (nSPS) is 11.2. The summed E-state index contributed by atoms with van der Waals surface area (Å²) in [5.74, 6) is 3.91. The molecule has 1 atom stereocenters. The molecule has 0 saturated carbocycles. The number of benzene rings is 2. The topological polar surface area (TPSA) is 143 Å². The largest absolute Gasteiger partial charge is 0.508 e. The van der Waals surface area contributed by atoms with Gasteiger partial charge in [-0.25, -0.2) is 10.6 Å². The Morgan fingerprint density at radius 2 is 1.68 bits per heavy atom. The van der Waals surface area contributed by atoms with Gasteiger partial charge in [0.2, 0.25) is 5.91 Å². The Hall–Kier alpha value is -3.59. The molecule has 0 fully saturated rings. The average molecular weight is 386 g/mol. The summed E-state index contributed by atoms with van der Waals surface area (Å²) in [6.07, 6.45) is -0.636. The van der Waals surface area contributed by atoms with Crippen molar-refractivity contribution in [3.05, 3.63) is 65.7 Å². The fourth-order valence-electron chi connectivity index (χ4n) is 2.33. The van der Waals surface area contributed by atoms with Crippen LogP contribution in [0.1, 0.15) is 11.1 Å². The van der Waals surface area contributed by atoms with Crippen molar-refractivity contribution in [1.29, 1.82) is 0 Å². The lowest BCUT2D eigenvalue weighted by atomic mass is 10.1. The van der Waals surface area contributed by atoms with Crippen LogP contribution in [0.3, 0.4) is 0 Å². The average Bonchev–Trinajstić information content (AvgIpc) is 2.72. The van der Waals surface area contributed by atoms with Crippen LogP contribution < -0.4 is 21.9 Å². The second-order valence-corrected chi connectivity index (χ2v) is 5.91. The molecule has 0 aromatic heterocycles. The number of amides is 3. The highest BCUT2D eigenvalue weighted by molar-refractivity contribution is 5.89. The quantitative estimate of drug-likeness (QED) is 0.251.